The van der Waals surface area contributed by atoms with Crippen LogP contribution in [0.5, 0.6) is 0 Å². The lowest BCUT2D eigenvalue weighted by atomic mass is 9.70. The quantitative estimate of drug-likeness (QED) is 0.808. The second kappa shape index (κ2) is 6.38. The second-order valence-corrected chi connectivity index (χ2v) is 7.01. The van der Waals surface area contributed by atoms with Gasteiger partial charge in [-0.05, 0) is 50.1 Å². The van der Waals surface area contributed by atoms with Crippen molar-refractivity contribution in [3.63, 3.8) is 0 Å². The van der Waals surface area contributed by atoms with Crippen molar-refractivity contribution in [2.45, 2.75) is 52.4 Å². The number of nitrogens with zero attached hydrogens (tertiary/aromatic N) is 1. The summed E-state index contributed by atoms with van der Waals surface area (Å²) >= 11 is 0. The van der Waals surface area contributed by atoms with E-state index in [1.165, 1.54) is 64.7 Å². The molecule has 0 aromatic carbocycles. The molecule has 2 heteroatoms. The summed E-state index contributed by atoms with van der Waals surface area (Å²) in [5, 5.41) is 3.47. The van der Waals surface area contributed by atoms with E-state index in [4.69, 9.17) is 0 Å². The molecule has 2 fully saturated rings. The predicted molar refractivity (Wildman–Crippen MR) is 78.8 cm³/mol. The number of nitrogens with one attached hydrogen (secondary N) is 1. The van der Waals surface area contributed by atoms with Crippen LogP contribution in [0.4, 0.5) is 0 Å². The molecule has 1 N–H and O–H groups in total. The molecule has 106 valence electrons. The Morgan fingerprint density at radius 2 is 1.94 bits per heavy atom. The molecular formula is C16H32N2. The van der Waals surface area contributed by atoms with Crippen molar-refractivity contribution < 1.29 is 0 Å². The summed E-state index contributed by atoms with van der Waals surface area (Å²) in [4.78, 5) is 2.75. The van der Waals surface area contributed by atoms with Crippen LogP contribution in [-0.2, 0) is 0 Å². The minimum atomic E-state index is 0.573. The zero-order valence-electron chi connectivity index (χ0n) is 12.7. The van der Waals surface area contributed by atoms with Gasteiger partial charge in [0.2, 0.25) is 0 Å². The van der Waals surface area contributed by atoms with E-state index >= 15 is 0 Å². The van der Waals surface area contributed by atoms with Gasteiger partial charge in [-0.3, -0.25) is 0 Å². The minimum Gasteiger partial charge on any atom is -0.319 e. The molecule has 1 saturated heterocycles. The Morgan fingerprint density at radius 3 is 2.50 bits per heavy atom. The highest BCUT2D eigenvalue weighted by Crippen LogP contribution is 2.40. The molecule has 1 unspecified atom stereocenters. The fraction of sp³-hybridized carbons (Fsp3) is 1.00. The van der Waals surface area contributed by atoms with Crippen LogP contribution < -0.4 is 5.32 Å². The van der Waals surface area contributed by atoms with Crippen LogP contribution in [0.15, 0.2) is 0 Å². The van der Waals surface area contributed by atoms with Crippen molar-refractivity contribution in [1.82, 2.24) is 10.2 Å². The van der Waals surface area contributed by atoms with Crippen LogP contribution in [0, 0.1) is 17.3 Å². The minimum absolute atomic E-state index is 0.573. The van der Waals surface area contributed by atoms with E-state index in [1.54, 1.807) is 0 Å². The second-order valence-electron chi connectivity index (χ2n) is 7.01. The number of likely N-dealkylation sites (tertiary alicyclic amines) is 1. The van der Waals surface area contributed by atoms with Gasteiger partial charge in [0.1, 0.15) is 0 Å². The summed E-state index contributed by atoms with van der Waals surface area (Å²) in [6, 6.07) is 0. The van der Waals surface area contributed by atoms with Crippen molar-refractivity contribution in [3.05, 3.63) is 0 Å². The molecular weight excluding hydrogens is 220 g/mol. The highest BCUT2D eigenvalue weighted by molar-refractivity contribution is 4.90. The van der Waals surface area contributed by atoms with E-state index in [0.717, 1.165) is 11.8 Å². The molecule has 18 heavy (non-hydrogen) atoms. The van der Waals surface area contributed by atoms with Gasteiger partial charge in [0, 0.05) is 19.6 Å². The van der Waals surface area contributed by atoms with E-state index in [0.29, 0.717) is 5.41 Å². The smallest absolute Gasteiger partial charge is 0.00503 e. The van der Waals surface area contributed by atoms with Gasteiger partial charge < -0.3 is 10.2 Å². The van der Waals surface area contributed by atoms with E-state index in [2.05, 4.69) is 31.1 Å². The Labute approximate surface area is 114 Å². The van der Waals surface area contributed by atoms with Crippen molar-refractivity contribution in [2.75, 3.05) is 33.2 Å². The van der Waals surface area contributed by atoms with Crippen LogP contribution >= 0.6 is 0 Å². The van der Waals surface area contributed by atoms with Gasteiger partial charge in [-0.1, -0.05) is 33.1 Å². The zero-order valence-corrected chi connectivity index (χ0v) is 12.7. The third kappa shape index (κ3) is 3.48. The molecule has 0 amide bonds. The van der Waals surface area contributed by atoms with Gasteiger partial charge in [0.25, 0.3) is 0 Å². The lowest BCUT2D eigenvalue weighted by Crippen LogP contribution is -2.45. The maximum atomic E-state index is 3.47. The number of rotatable bonds is 5. The SMILES string of the molecule is CCC1CCN(CC2(CNC)CCC(C)CC2)C1. The summed E-state index contributed by atoms with van der Waals surface area (Å²) in [5.74, 6) is 1.93. The average molecular weight is 252 g/mol. The normalized spacial score (nSPS) is 38.2. The maximum absolute atomic E-state index is 3.47. The van der Waals surface area contributed by atoms with Crippen LogP contribution in [0.25, 0.3) is 0 Å². The standard InChI is InChI=1S/C16H32N2/c1-4-15-7-10-18(11-15)13-16(12-17-3)8-5-14(2)6-9-16/h14-15,17H,4-13H2,1-3H3. The Balaban J connectivity index is 1.90. The molecule has 1 heterocycles. The zero-order chi connectivity index (χ0) is 13.0. The van der Waals surface area contributed by atoms with E-state index < -0.39 is 0 Å². The van der Waals surface area contributed by atoms with Crippen LogP contribution in [0.1, 0.15) is 52.4 Å². The fourth-order valence-corrected chi connectivity index (χ4v) is 4.00. The number of hydrogen-bond acceptors (Lipinski definition) is 2. The van der Waals surface area contributed by atoms with Gasteiger partial charge in [-0.2, -0.15) is 0 Å². The van der Waals surface area contributed by atoms with Crippen molar-refractivity contribution in [2.24, 2.45) is 17.3 Å². The third-order valence-corrected chi connectivity index (χ3v) is 5.39. The first kappa shape index (κ1) is 14.3. The van der Waals surface area contributed by atoms with Crippen molar-refractivity contribution in [3.8, 4) is 0 Å². The van der Waals surface area contributed by atoms with Gasteiger partial charge >= 0.3 is 0 Å². The first-order valence-corrected chi connectivity index (χ1v) is 8.04. The highest BCUT2D eigenvalue weighted by Gasteiger charge is 2.36. The fourth-order valence-electron chi connectivity index (χ4n) is 4.00. The Morgan fingerprint density at radius 1 is 1.22 bits per heavy atom. The van der Waals surface area contributed by atoms with Crippen LogP contribution in [-0.4, -0.2) is 38.1 Å². The maximum Gasteiger partial charge on any atom is 0.00503 e. The molecule has 1 atom stereocenters. The number of hydrogen-bond donors (Lipinski definition) is 1. The molecule has 1 aliphatic carbocycles. The molecule has 0 bridgehead atoms. The molecule has 0 radical (unpaired) electrons. The summed E-state index contributed by atoms with van der Waals surface area (Å²) in [6.45, 7) is 10.0. The van der Waals surface area contributed by atoms with Gasteiger partial charge in [-0.15, -0.1) is 0 Å². The Kier molecular flexibility index (Phi) is 5.08. The third-order valence-electron chi connectivity index (χ3n) is 5.39. The molecule has 1 saturated carbocycles. The molecule has 0 aromatic heterocycles. The van der Waals surface area contributed by atoms with Crippen molar-refractivity contribution in [1.29, 1.82) is 0 Å². The van der Waals surface area contributed by atoms with Gasteiger partial charge in [0.15, 0.2) is 0 Å². The molecule has 2 rings (SSSR count). The molecule has 0 spiro atoms. The van der Waals surface area contributed by atoms with E-state index in [-0.39, 0.29) is 0 Å². The van der Waals surface area contributed by atoms with Crippen LogP contribution in [0.2, 0.25) is 0 Å². The lowest BCUT2D eigenvalue weighted by Gasteiger charge is -2.42. The summed E-state index contributed by atoms with van der Waals surface area (Å²) in [6.07, 6.45) is 8.54. The summed E-state index contributed by atoms with van der Waals surface area (Å²) < 4.78 is 0. The monoisotopic (exact) mass is 252 g/mol. The molecule has 2 nitrogen and oxygen atoms in total. The predicted octanol–water partition coefficient (Wildman–Crippen LogP) is 3.13. The van der Waals surface area contributed by atoms with Crippen molar-refractivity contribution >= 4 is 0 Å². The highest BCUT2D eigenvalue weighted by atomic mass is 15.2. The first-order chi connectivity index (χ1) is 8.67. The Hall–Kier alpha value is -0.0800. The molecule has 1 aliphatic heterocycles. The topological polar surface area (TPSA) is 15.3 Å². The lowest BCUT2D eigenvalue weighted by molar-refractivity contribution is 0.0983. The summed E-state index contributed by atoms with van der Waals surface area (Å²) in [5.41, 5.74) is 0.573. The first-order valence-electron chi connectivity index (χ1n) is 8.04. The largest absolute Gasteiger partial charge is 0.319 e. The summed E-state index contributed by atoms with van der Waals surface area (Å²) in [7, 11) is 2.12. The van der Waals surface area contributed by atoms with Crippen LogP contribution in [0.3, 0.4) is 0 Å². The van der Waals surface area contributed by atoms with Gasteiger partial charge in [-0.25, -0.2) is 0 Å². The van der Waals surface area contributed by atoms with E-state index in [1.807, 2.05) is 0 Å². The Bertz CT molecular complexity index is 243. The molecule has 2 aliphatic rings. The average Bonchev–Trinajstić information content (AvgIpc) is 2.81. The van der Waals surface area contributed by atoms with Gasteiger partial charge in [0.05, 0.1) is 0 Å². The van der Waals surface area contributed by atoms with E-state index in [9.17, 15) is 0 Å². The molecule has 0 aromatic rings.